The van der Waals surface area contributed by atoms with Gasteiger partial charge in [-0.1, -0.05) is 0 Å². The molecule has 19 heavy (non-hydrogen) atoms. The molecule has 4 nitrogen and oxygen atoms in total. The Hall–Kier alpha value is -0.610. The molecule has 1 unspecified atom stereocenters. The summed E-state index contributed by atoms with van der Waals surface area (Å²) in [6.45, 7) is 2.95. The van der Waals surface area contributed by atoms with Crippen molar-refractivity contribution in [3.8, 4) is 0 Å². The van der Waals surface area contributed by atoms with Crippen LogP contribution in [0.5, 0.6) is 0 Å². The third kappa shape index (κ3) is 2.00. The van der Waals surface area contributed by atoms with E-state index in [-0.39, 0.29) is 11.3 Å². The van der Waals surface area contributed by atoms with Crippen molar-refractivity contribution in [2.45, 2.75) is 51.0 Å². The molecule has 5 N–H and O–H groups in total. The van der Waals surface area contributed by atoms with Crippen LogP contribution in [0, 0.1) is 23.2 Å². The van der Waals surface area contributed by atoms with Crippen LogP contribution >= 0.6 is 0 Å². The standard InChI is InChI=1S/C15H27N3O/c1-14(17,13(19)18-3-2-16)15-7-10-4-11(8-15)6-12(5-10)9-15/h10-12H,2-9,16-17H2,1H3,(H,18,19). The highest BCUT2D eigenvalue weighted by atomic mass is 16.2. The third-order valence-corrected chi connectivity index (χ3v) is 6.04. The van der Waals surface area contributed by atoms with Gasteiger partial charge in [-0.15, -0.1) is 0 Å². The van der Waals surface area contributed by atoms with Crippen molar-refractivity contribution in [1.82, 2.24) is 5.32 Å². The van der Waals surface area contributed by atoms with E-state index in [2.05, 4.69) is 5.32 Å². The molecular weight excluding hydrogens is 238 g/mol. The van der Waals surface area contributed by atoms with Crippen molar-refractivity contribution in [2.24, 2.45) is 34.6 Å². The zero-order valence-corrected chi connectivity index (χ0v) is 12.0. The summed E-state index contributed by atoms with van der Waals surface area (Å²) in [7, 11) is 0. The second kappa shape index (κ2) is 4.45. The van der Waals surface area contributed by atoms with Gasteiger partial charge in [-0.05, 0) is 68.6 Å². The summed E-state index contributed by atoms with van der Waals surface area (Å²) in [6, 6.07) is 0. The maximum Gasteiger partial charge on any atom is 0.240 e. The van der Waals surface area contributed by atoms with E-state index >= 15 is 0 Å². The van der Waals surface area contributed by atoms with Crippen LogP contribution in [-0.4, -0.2) is 24.5 Å². The van der Waals surface area contributed by atoms with Crippen molar-refractivity contribution in [3.63, 3.8) is 0 Å². The molecule has 0 heterocycles. The predicted molar refractivity (Wildman–Crippen MR) is 75.3 cm³/mol. The third-order valence-electron chi connectivity index (χ3n) is 6.04. The summed E-state index contributed by atoms with van der Waals surface area (Å²) < 4.78 is 0. The molecule has 4 aliphatic carbocycles. The fraction of sp³-hybridized carbons (Fsp3) is 0.933. The Kier molecular flexibility index (Phi) is 3.13. The van der Waals surface area contributed by atoms with E-state index in [4.69, 9.17) is 11.5 Å². The Bertz CT molecular complexity index is 342. The Morgan fingerprint density at radius 2 is 1.68 bits per heavy atom. The number of carbonyl (C=O) groups is 1. The number of rotatable bonds is 4. The molecule has 0 spiro atoms. The molecule has 4 fully saturated rings. The van der Waals surface area contributed by atoms with Crippen LogP contribution in [0.15, 0.2) is 0 Å². The zero-order valence-electron chi connectivity index (χ0n) is 12.0. The average molecular weight is 265 g/mol. The van der Waals surface area contributed by atoms with Crippen molar-refractivity contribution < 1.29 is 4.79 Å². The van der Waals surface area contributed by atoms with Gasteiger partial charge < -0.3 is 16.8 Å². The molecule has 0 aromatic carbocycles. The Balaban J connectivity index is 1.81. The Morgan fingerprint density at radius 3 is 2.11 bits per heavy atom. The van der Waals surface area contributed by atoms with Gasteiger partial charge in [0.05, 0.1) is 5.54 Å². The van der Waals surface area contributed by atoms with E-state index < -0.39 is 5.54 Å². The first-order valence-corrected chi connectivity index (χ1v) is 7.74. The lowest BCUT2D eigenvalue weighted by Crippen LogP contribution is -2.67. The van der Waals surface area contributed by atoms with E-state index in [0.29, 0.717) is 13.1 Å². The predicted octanol–water partition coefficient (Wildman–Crippen LogP) is 0.995. The molecule has 0 aliphatic heterocycles. The molecule has 4 bridgehead atoms. The lowest BCUT2D eigenvalue weighted by molar-refractivity contribution is -0.143. The summed E-state index contributed by atoms with van der Waals surface area (Å²) in [5.41, 5.74) is 11.3. The number of nitrogens with two attached hydrogens (primary N) is 2. The summed E-state index contributed by atoms with van der Waals surface area (Å²) in [6.07, 6.45) is 7.59. The monoisotopic (exact) mass is 265 g/mol. The van der Waals surface area contributed by atoms with Gasteiger partial charge in [-0.2, -0.15) is 0 Å². The lowest BCUT2D eigenvalue weighted by Gasteiger charge is -2.61. The number of carbonyl (C=O) groups excluding carboxylic acids is 1. The molecule has 1 amide bonds. The maximum absolute atomic E-state index is 12.4. The SMILES string of the molecule is CC(N)(C(=O)NCCN)C12CC3CC(CC(C3)C1)C2. The minimum atomic E-state index is -0.738. The number of hydrogen-bond acceptors (Lipinski definition) is 3. The molecule has 108 valence electrons. The topological polar surface area (TPSA) is 81.1 Å². The van der Waals surface area contributed by atoms with E-state index in [9.17, 15) is 4.79 Å². The molecule has 4 aliphatic rings. The normalized spacial score (nSPS) is 43.0. The van der Waals surface area contributed by atoms with Crippen molar-refractivity contribution in [2.75, 3.05) is 13.1 Å². The number of hydrogen-bond donors (Lipinski definition) is 3. The average Bonchev–Trinajstić information content (AvgIpc) is 2.34. The number of nitrogens with one attached hydrogen (secondary N) is 1. The van der Waals surface area contributed by atoms with Gasteiger partial charge in [0.25, 0.3) is 0 Å². The molecule has 0 saturated heterocycles. The van der Waals surface area contributed by atoms with Crippen LogP contribution in [0.1, 0.15) is 45.4 Å². The van der Waals surface area contributed by atoms with Crippen LogP contribution < -0.4 is 16.8 Å². The molecule has 0 aromatic rings. The van der Waals surface area contributed by atoms with E-state index in [1.165, 1.54) is 19.3 Å². The molecular formula is C15H27N3O. The van der Waals surface area contributed by atoms with Crippen LogP contribution in [0.3, 0.4) is 0 Å². The minimum absolute atomic E-state index is 0.0000926. The summed E-state index contributed by atoms with van der Waals surface area (Å²) in [5.74, 6) is 2.45. The fourth-order valence-electron chi connectivity index (χ4n) is 5.36. The largest absolute Gasteiger partial charge is 0.353 e. The highest BCUT2D eigenvalue weighted by Gasteiger charge is 2.59. The Labute approximate surface area is 115 Å². The molecule has 4 saturated carbocycles. The summed E-state index contributed by atoms with van der Waals surface area (Å²) >= 11 is 0. The van der Waals surface area contributed by atoms with Crippen LogP contribution in [-0.2, 0) is 4.79 Å². The minimum Gasteiger partial charge on any atom is -0.353 e. The van der Waals surface area contributed by atoms with Gasteiger partial charge in [-0.25, -0.2) is 0 Å². The molecule has 0 aromatic heterocycles. The second-order valence-corrected chi connectivity index (χ2v) is 7.44. The summed E-state index contributed by atoms with van der Waals surface area (Å²) in [4.78, 5) is 12.4. The highest BCUT2D eigenvalue weighted by molar-refractivity contribution is 5.86. The zero-order chi connectivity index (χ0) is 13.7. The quantitative estimate of drug-likeness (QED) is 0.709. The van der Waals surface area contributed by atoms with Crippen molar-refractivity contribution in [1.29, 1.82) is 0 Å². The van der Waals surface area contributed by atoms with Gasteiger partial charge in [0, 0.05) is 13.1 Å². The summed E-state index contributed by atoms with van der Waals surface area (Å²) in [5, 5.41) is 2.91. The smallest absolute Gasteiger partial charge is 0.240 e. The van der Waals surface area contributed by atoms with Crippen LogP contribution in [0.25, 0.3) is 0 Å². The van der Waals surface area contributed by atoms with Crippen LogP contribution in [0.4, 0.5) is 0 Å². The van der Waals surface area contributed by atoms with Crippen LogP contribution in [0.2, 0.25) is 0 Å². The maximum atomic E-state index is 12.4. The first kappa shape index (κ1) is 13.4. The molecule has 1 atom stereocenters. The first-order valence-electron chi connectivity index (χ1n) is 7.74. The van der Waals surface area contributed by atoms with E-state index in [1.54, 1.807) is 0 Å². The van der Waals surface area contributed by atoms with Gasteiger partial charge in [-0.3, -0.25) is 4.79 Å². The second-order valence-electron chi connectivity index (χ2n) is 7.44. The highest BCUT2D eigenvalue weighted by Crippen LogP contribution is 2.63. The van der Waals surface area contributed by atoms with E-state index in [0.717, 1.165) is 37.0 Å². The van der Waals surface area contributed by atoms with Gasteiger partial charge in [0.15, 0.2) is 0 Å². The Morgan fingerprint density at radius 1 is 1.21 bits per heavy atom. The van der Waals surface area contributed by atoms with Gasteiger partial charge in [0.2, 0.25) is 5.91 Å². The number of amides is 1. The van der Waals surface area contributed by atoms with E-state index in [1.807, 2.05) is 6.92 Å². The fourth-order valence-corrected chi connectivity index (χ4v) is 5.36. The van der Waals surface area contributed by atoms with Gasteiger partial charge in [0.1, 0.15) is 0 Å². The van der Waals surface area contributed by atoms with Crippen molar-refractivity contribution in [3.05, 3.63) is 0 Å². The molecule has 0 radical (unpaired) electrons. The first-order chi connectivity index (χ1) is 8.97. The molecule has 4 heteroatoms. The molecule has 4 rings (SSSR count). The lowest BCUT2D eigenvalue weighted by atomic mass is 9.45. The van der Waals surface area contributed by atoms with Gasteiger partial charge >= 0.3 is 0 Å². The van der Waals surface area contributed by atoms with Crippen molar-refractivity contribution >= 4 is 5.91 Å².